The molecule has 11 heteroatoms. The van der Waals surface area contributed by atoms with Gasteiger partial charge < -0.3 is 29.2 Å². The van der Waals surface area contributed by atoms with Crippen LogP contribution in [0.5, 0.6) is 0 Å². The summed E-state index contributed by atoms with van der Waals surface area (Å²) in [5.74, 6) is 0.275. The van der Waals surface area contributed by atoms with Crippen LogP contribution in [0.15, 0.2) is 12.7 Å². The molecular formula is C13H22N5O5P. The second-order valence-electron chi connectivity index (χ2n) is 4.87. The zero-order valence-electron chi connectivity index (χ0n) is 13.7. The summed E-state index contributed by atoms with van der Waals surface area (Å²) in [6.07, 6.45) is 1.99. The fourth-order valence-corrected chi connectivity index (χ4v) is 3.52. The maximum Gasteiger partial charge on any atom is 0.356 e. The van der Waals surface area contributed by atoms with E-state index in [-0.39, 0.29) is 38.5 Å². The summed E-state index contributed by atoms with van der Waals surface area (Å²) in [7, 11) is -3.34. The molecule has 0 fully saturated rings. The molecule has 0 aliphatic heterocycles. The van der Waals surface area contributed by atoms with Crippen LogP contribution in [0, 0.1) is 0 Å². The largest absolute Gasteiger partial charge is 0.394 e. The Balaban J connectivity index is 2.06. The minimum absolute atomic E-state index is 0.243. The van der Waals surface area contributed by atoms with Gasteiger partial charge in [0.05, 0.1) is 38.8 Å². The molecular weight excluding hydrogens is 337 g/mol. The number of nitrogen functional groups attached to an aromatic ring is 1. The average Bonchev–Trinajstić information content (AvgIpc) is 2.96. The first kappa shape index (κ1) is 18.8. The SMILES string of the molecule is CCOP(=O)(COC(CO)Cn1cnc2c(N)ncnc21)OCC. The molecule has 2 aromatic rings. The Labute approximate surface area is 139 Å². The summed E-state index contributed by atoms with van der Waals surface area (Å²) in [6, 6.07) is 0. The van der Waals surface area contributed by atoms with Gasteiger partial charge in [-0.3, -0.25) is 4.57 Å². The van der Waals surface area contributed by atoms with E-state index in [4.69, 9.17) is 19.5 Å². The molecule has 0 radical (unpaired) electrons. The second kappa shape index (κ2) is 8.50. The summed E-state index contributed by atoms with van der Waals surface area (Å²) < 4.78 is 29.9. The monoisotopic (exact) mass is 359 g/mol. The van der Waals surface area contributed by atoms with E-state index in [1.165, 1.54) is 12.7 Å². The van der Waals surface area contributed by atoms with Crippen LogP contribution in [0.1, 0.15) is 13.8 Å². The normalized spacial score (nSPS) is 13.5. The zero-order valence-corrected chi connectivity index (χ0v) is 14.6. The third-order valence-corrected chi connectivity index (χ3v) is 4.92. The van der Waals surface area contributed by atoms with E-state index < -0.39 is 13.7 Å². The first-order valence-electron chi connectivity index (χ1n) is 7.54. The quantitative estimate of drug-likeness (QED) is 0.596. The van der Waals surface area contributed by atoms with E-state index in [9.17, 15) is 9.67 Å². The number of fused-ring (bicyclic) bond motifs is 1. The maximum atomic E-state index is 12.4. The van der Waals surface area contributed by atoms with E-state index in [2.05, 4.69) is 15.0 Å². The van der Waals surface area contributed by atoms with Gasteiger partial charge in [-0.25, -0.2) is 15.0 Å². The molecule has 0 aliphatic rings. The predicted octanol–water partition coefficient (Wildman–Crippen LogP) is 1.01. The van der Waals surface area contributed by atoms with Gasteiger partial charge in [-0.1, -0.05) is 0 Å². The molecule has 0 aromatic carbocycles. The number of rotatable bonds is 10. The highest BCUT2D eigenvalue weighted by atomic mass is 31.2. The summed E-state index contributed by atoms with van der Waals surface area (Å²) in [6.45, 7) is 3.90. The van der Waals surface area contributed by atoms with Gasteiger partial charge in [-0.2, -0.15) is 0 Å². The van der Waals surface area contributed by atoms with Crippen molar-refractivity contribution in [2.24, 2.45) is 0 Å². The van der Waals surface area contributed by atoms with Crippen LogP contribution in [0.4, 0.5) is 5.82 Å². The lowest BCUT2D eigenvalue weighted by Crippen LogP contribution is -2.25. The van der Waals surface area contributed by atoms with Crippen LogP contribution in [0.3, 0.4) is 0 Å². The lowest BCUT2D eigenvalue weighted by atomic mass is 10.3. The molecule has 2 aromatic heterocycles. The van der Waals surface area contributed by atoms with Crippen LogP contribution in [-0.2, 0) is 24.9 Å². The van der Waals surface area contributed by atoms with Crippen molar-refractivity contribution in [3.05, 3.63) is 12.7 Å². The molecule has 0 aliphatic carbocycles. The van der Waals surface area contributed by atoms with Gasteiger partial charge in [0.25, 0.3) is 0 Å². The van der Waals surface area contributed by atoms with Gasteiger partial charge in [-0.05, 0) is 13.8 Å². The maximum absolute atomic E-state index is 12.4. The van der Waals surface area contributed by atoms with Crippen LogP contribution >= 0.6 is 7.60 Å². The van der Waals surface area contributed by atoms with Crippen molar-refractivity contribution in [2.75, 3.05) is 31.9 Å². The molecule has 0 spiro atoms. The van der Waals surface area contributed by atoms with Crippen LogP contribution in [0.2, 0.25) is 0 Å². The number of imidazole rings is 1. The molecule has 134 valence electrons. The standard InChI is InChI=1S/C13H22N5O5P/c1-3-22-24(20,23-4-2)9-21-10(6-19)5-18-8-17-11-12(14)15-7-16-13(11)18/h7-8,10,19H,3-6,9H2,1-2H3,(H2,14,15,16). The van der Waals surface area contributed by atoms with Crippen molar-refractivity contribution in [3.8, 4) is 0 Å². The molecule has 10 nitrogen and oxygen atoms in total. The minimum Gasteiger partial charge on any atom is -0.394 e. The number of nitrogens with zero attached hydrogens (tertiary/aromatic N) is 4. The third-order valence-electron chi connectivity index (χ3n) is 3.15. The predicted molar refractivity (Wildman–Crippen MR) is 87.4 cm³/mol. The fourth-order valence-electron chi connectivity index (χ4n) is 2.12. The Hall–Kier alpha value is -1.58. The van der Waals surface area contributed by atoms with Crippen LogP contribution in [-0.4, -0.2) is 56.9 Å². The molecule has 2 heterocycles. The topological polar surface area (TPSA) is 135 Å². The number of ether oxygens (including phenoxy) is 1. The first-order chi connectivity index (χ1) is 11.5. The average molecular weight is 359 g/mol. The molecule has 3 N–H and O–H groups in total. The molecule has 1 atom stereocenters. The van der Waals surface area contributed by atoms with Gasteiger partial charge in [0.1, 0.15) is 18.2 Å². The van der Waals surface area contributed by atoms with E-state index >= 15 is 0 Å². The van der Waals surface area contributed by atoms with E-state index in [1.54, 1.807) is 18.4 Å². The smallest absolute Gasteiger partial charge is 0.356 e. The highest BCUT2D eigenvalue weighted by Crippen LogP contribution is 2.48. The molecule has 24 heavy (non-hydrogen) atoms. The number of aliphatic hydroxyl groups is 1. The van der Waals surface area contributed by atoms with Crippen LogP contribution in [0.25, 0.3) is 11.2 Å². The summed E-state index contributed by atoms with van der Waals surface area (Å²) in [5.41, 5.74) is 6.74. The van der Waals surface area contributed by atoms with Crippen molar-refractivity contribution < 1.29 is 23.5 Å². The number of hydrogen-bond donors (Lipinski definition) is 2. The summed E-state index contributed by atoms with van der Waals surface area (Å²) >= 11 is 0. The molecule has 0 amide bonds. The van der Waals surface area contributed by atoms with Gasteiger partial charge in [0, 0.05) is 0 Å². The Morgan fingerprint density at radius 3 is 2.62 bits per heavy atom. The zero-order chi connectivity index (χ0) is 17.6. The first-order valence-corrected chi connectivity index (χ1v) is 9.27. The molecule has 0 bridgehead atoms. The number of hydrogen-bond acceptors (Lipinski definition) is 9. The van der Waals surface area contributed by atoms with Crippen molar-refractivity contribution in [2.45, 2.75) is 26.5 Å². The Bertz CT molecular complexity index is 699. The van der Waals surface area contributed by atoms with Crippen molar-refractivity contribution in [3.63, 3.8) is 0 Å². The van der Waals surface area contributed by atoms with Crippen molar-refractivity contribution in [1.82, 2.24) is 19.5 Å². The highest BCUT2D eigenvalue weighted by molar-refractivity contribution is 7.53. The van der Waals surface area contributed by atoms with E-state index in [0.29, 0.717) is 11.2 Å². The lowest BCUT2D eigenvalue weighted by molar-refractivity contribution is 0.0161. The van der Waals surface area contributed by atoms with E-state index in [1.807, 2.05) is 0 Å². The van der Waals surface area contributed by atoms with Crippen LogP contribution < -0.4 is 5.73 Å². The van der Waals surface area contributed by atoms with Gasteiger partial charge in [-0.15, -0.1) is 0 Å². The molecule has 0 saturated carbocycles. The Morgan fingerprint density at radius 1 is 1.29 bits per heavy atom. The Morgan fingerprint density at radius 2 is 2.00 bits per heavy atom. The molecule has 1 unspecified atom stereocenters. The second-order valence-corrected chi connectivity index (χ2v) is 6.87. The number of anilines is 1. The third kappa shape index (κ3) is 4.49. The van der Waals surface area contributed by atoms with Crippen molar-refractivity contribution in [1.29, 1.82) is 0 Å². The minimum atomic E-state index is -3.34. The summed E-state index contributed by atoms with van der Waals surface area (Å²) in [4.78, 5) is 12.1. The molecule has 2 rings (SSSR count). The number of aliphatic hydroxyl groups excluding tert-OH is 1. The fraction of sp³-hybridized carbons (Fsp3) is 0.615. The highest BCUT2D eigenvalue weighted by Gasteiger charge is 2.26. The van der Waals surface area contributed by atoms with E-state index in [0.717, 1.165) is 0 Å². The van der Waals surface area contributed by atoms with Gasteiger partial charge in [0.15, 0.2) is 11.5 Å². The number of aromatic nitrogens is 4. The summed E-state index contributed by atoms with van der Waals surface area (Å²) in [5, 5.41) is 9.52. The lowest BCUT2D eigenvalue weighted by Gasteiger charge is -2.21. The number of nitrogens with two attached hydrogens (primary N) is 1. The molecule has 0 saturated heterocycles. The Kier molecular flexibility index (Phi) is 6.64. The van der Waals surface area contributed by atoms with Crippen molar-refractivity contribution >= 4 is 24.6 Å². The van der Waals surface area contributed by atoms with Gasteiger partial charge >= 0.3 is 7.60 Å². The van der Waals surface area contributed by atoms with Gasteiger partial charge in [0.2, 0.25) is 0 Å².